The summed E-state index contributed by atoms with van der Waals surface area (Å²) in [5, 5.41) is 0.703. The first-order valence-electron chi connectivity index (χ1n) is 6.03. The number of hydrogen-bond donors (Lipinski definition) is 1. The van der Waals surface area contributed by atoms with Gasteiger partial charge in [0.25, 0.3) is 0 Å². The van der Waals surface area contributed by atoms with Crippen molar-refractivity contribution in [2.45, 2.75) is 26.3 Å². The lowest BCUT2D eigenvalue weighted by atomic mass is 10.0. The van der Waals surface area contributed by atoms with E-state index >= 15 is 0 Å². The Morgan fingerprint density at radius 1 is 1.56 bits per heavy atom. The number of rotatable bonds is 3. The summed E-state index contributed by atoms with van der Waals surface area (Å²) in [7, 11) is 0. The molecule has 0 aliphatic carbocycles. The minimum atomic E-state index is 0.345. The fourth-order valence-corrected chi connectivity index (χ4v) is 2.73. The number of nitrogens with two attached hydrogens (primary N) is 1. The highest BCUT2D eigenvalue weighted by Gasteiger charge is 2.28. The molecule has 2 N–H and O–H groups in total. The second kappa shape index (κ2) is 5.49. The van der Waals surface area contributed by atoms with Crippen LogP contribution in [0.3, 0.4) is 0 Å². The number of anilines is 1. The number of hydrogen-bond acceptors (Lipinski definition) is 3. The fourth-order valence-electron chi connectivity index (χ4n) is 2.25. The predicted molar refractivity (Wildman–Crippen MR) is 81.4 cm³/mol. The van der Waals surface area contributed by atoms with Crippen molar-refractivity contribution < 1.29 is 0 Å². The fraction of sp³-hybridized carbons (Fsp3) is 0.462. The quantitative estimate of drug-likeness (QED) is 0.919. The van der Waals surface area contributed by atoms with Crippen LogP contribution >= 0.6 is 27.5 Å². The monoisotopic (exact) mass is 329 g/mol. The molecule has 98 valence electrons. The molecule has 5 heteroatoms. The van der Waals surface area contributed by atoms with E-state index in [9.17, 15) is 0 Å². The third-order valence-electron chi connectivity index (χ3n) is 3.00. The average Bonchev–Trinajstić information content (AvgIpc) is 2.63. The number of nitrogens with zero attached hydrogens (tertiary/aromatic N) is 2. The van der Waals surface area contributed by atoms with E-state index in [1.54, 1.807) is 0 Å². The van der Waals surface area contributed by atoms with E-state index in [2.05, 4.69) is 39.7 Å². The van der Waals surface area contributed by atoms with Crippen molar-refractivity contribution >= 4 is 39.2 Å². The maximum atomic E-state index is 6.02. The Hall–Kier alpha value is -0.740. The molecule has 0 saturated carbocycles. The molecule has 1 aliphatic heterocycles. The lowest BCUT2D eigenvalue weighted by Gasteiger charge is -2.27. The van der Waals surface area contributed by atoms with Gasteiger partial charge in [0.2, 0.25) is 0 Å². The summed E-state index contributed by atoms with van der Waals surface area (Å²) in [6.07, 6.45) is 1.07. The Morgan fingerprint density at radius 3 is 2.89 bits per heavy atom. The van der Waals surface area contributed by atoms with Gasteiger partial charge < -0.3 is 10.6 Å². The van der Waals surface area contributed by atoms with E-state index < -0.39 is 0 Å². The normalized spacial score (nSPS) is 19.5. The van der Waals surface area contributed by atoms with Gasteiger partial charge in [0.1, 0.15) is 0 Å². The molecule has 0 bridgehead atoms. The Bertz CT molecular complexity index is 473. The number of halogens is 2. The first kappa shape index (κ1) is 13.7. The van der Waals surface area contributed by atoms with E-state index in [-0.39, 0.29) is 0 Å². The third-order valence-corrected chi connectivity index (χ3v) is 4.21. The minimum Gasteiger partial charge on any atom is -0.370 e. The zero-order valence-electron chi connectivity index (χ0n) is 10.5. The first-order valence-corrected chi connectivity index (χ1v) is 7.20. The Balaban J connectivity index is 2.28. The van der Waals surface area contributed by atoms with Crippen molar-refractivity contribution in [2.24, 2.45) is 16.6 Å². The largest absolute Gasteiger partial charge is 0.370 e. The van der Waals surface area contributed by atoms with Gasteiger partial charge in [-0.15, -0.1) is 0 Å². The molecule has 1 aliphatic rings. The van der Waals surface area contributed by atoms with Crippen LogP contribution in [0.2, 0.25) is 5.02 Å². The van der Waals surface area contributed by atoms with E-state index in [0.29, 0.717) is 22.9 Å². The number of benzene rings is 1. The molecule has 0 amide bonds. The van der Waals surface area contributed by atoms with Gasteiger partial charge in [-0.25, -0.2) is 0 Å². The summed E-state index contributed by atoms with van der Waals surface area (Å²) in [6.45, 7) is 5.19. The summed E-state index contributed by atoms with van der Waals surface area (Å²) in [5.41, 5.74) is 7.03. The van der Waals surface area contributed by atoms with E-state index in [4.69, 9.17) is 17.3 Å². The van der Waals surface area contributed by atoms with Gasteiger partial charge in [0.15, 0.2) is 5.96 Å². The van der Waals surface area contributed by atoms with Gasteiger partial charge in [0, 0.05) is 10.2 Å². The number of guanidine groups is 1. The molecule has 0 fully saturated rings. The molecular formula is C13H17BrClN3. The van der Waals surface area contributed by atoms with Crippen molar-refractivity contribution in [3.05, 3.63) is 27.7 Å². The van der Waals surface area contributed by atoms with Gasteiger partial charge in [0.05, 0.1) is 17.6 Å². The van der Waals surface area contributed by atoms with Crippen LogP contribution in [0.25, 0.3) is 0 Å². The van der Waals surface area contributed by atoms with Gasteiger partial charge >= 0.3 is 0 Å². The summed E-state index contributed by atoms with van der Waals surface area (Å²) >= 11 is 9.46. The second-order valence-corrected chi connectivity index (χ2v) is 6.21. The highest BCUT2D eigenvalue weighted by Crippen LogP contribution is 2.31. The van der Waals surface area contributed by atoms with Crippen LogP contribution in [-0.2, 0) is 0 Å². The Kier molecular flexibility index (Phi) is 4.17. The topological polar surface area (TPSA) is 41.6 Å². The van der Waals surface area contributed by atoms with Crippen LogP contribution < -0.4 is 10.6 Å². The maximum absolute atomic E-state index is 6.02. The molecule has 18 heavy (non-hydrogen) atoms. The van der Waals surface area contributed by atoms with E-state index in [1.807, 2.05) is 18.2 Å². The lowest BCUT2D eigenvalue weighted by molar-refractivity contribution is 0.512. The van der Waals surface area contributed by atoms with Gasteiger partial charge in [-0.3, -0.25) is 4.99 Å². The molecule has 1 unspecified atom stereocenters. The average molecular weight is 331 g/mol. The van der Waals surface area contributed by atoms with E-state index in [0.717, 1.165) is 23.1 Å². The lowest BCUT2D eigenvalue weighted by Crippen LogP contribution is -2.41. The molecule has 1 aromatic rings. The van der Waals surface area contributed by atoms with Crippen molar-refractivity contribution in [3.63, 3.8) is 0 Å². The molecule has 0 spiro atoms. The molecule has 2 rings (SSSR count). The molecule has 1 aromatic carbocycles. The summed E-state index contributed by atoms with van der Waals surface area (Å²) in [4.78, 5) is 6.45. The summed E-state index contributed by atoms with van der Waals surface area (Å²) in [6, 6.07) is 6.19. The predicted octanol–water partition coefficient (Wildman–Crippen LogP) is 3.65. The molecular weight excluding hydrogens is 314 g/mol. The van der Waals surface area contributed by atoms with Crippen LogP contribution in [0.1, 0.15) is 20.3 Å². The van der Waals surface area contributed by atoms with Crippen molar-refractivity contribution in [1.29, 1.82) is 0 Å². The molecule has 3 nitrogen and oxygen atoms in total. The smallest absolute Gasteiger partial charge is 0.196 e. The zero-order valence-corrected chi connectivity index (χ0v) is 12.9. The van der Waals surface area contributed by atoms with E-state index in [1.165, 1.54) is 0 Å². The standard InChI is InChI=1S/C13H17BrClN3/c1-8(2)5-10-7-17-13(16)18(10)9-3-4-12(15)11(14)6-9/h3-4,6,8,10H,5,7H2,1-2H3,(H2,16,17). The van der Waals surface area contributed by atoms with Crippen LogP contribution in [0.5, 0.6) is 0 Å². The first-order chi connectivity index (χ1) is 8.49. The zero-order chi connectivity index (χ0) is 13.3. The Morgan fingerprint density at radius 2 is 2.28 bits per heavy atom. The van der Waals surface area contributed by atoms with Crippen LogP contribution in [-0.4, -0.2) is 18.5 Å². The molecule has 1 heterocycles. The van der Waals surface area contributed by atoms with Crippen molar-refractivity contribution in [2.75, 3.05) is 11.4 Å². The molecule has 0 saturated heterocycles. The second-order valence-electron chi connectivity index (χ2n) is 4.95. The van der Waals surface area contributed by atoms with Gasteiger partial charge in [-0.2, -0.15) is 0 Å². The maximum Gasteiger partial charge on any atom is 0.196 e. The van der Waals surface area contributed by atoms with Gasteiger partial charge in [-0.1, -0.05) is 25.4 Å². The SMILES string of the molecule is CC(C)CC1CN=C(N)N1c1ccc(Cl)c(Br)c1. The van der Waals surface area contributed by atoms with Gasteiger partial charge in [-0.05, 0) is 46.5 Å². The molecule has 1 atom stereocenters. The van der Waals surface area contributed by atoms with Crippen LogP contribution in [0.15, 0.2) is 27.7 Å². The van der Waals surface area contributed by atoms with Crippen molar-refractivity contribution in [1.82, 2.24) is 0 Å². The summed E-state index contributed by atoms with van der Waals surface area (Å²) in [5.74, 6) is 1.21. The van der Waals surface area contributed by atoms with Crippen molar-refractivity contribution in [3.8, 4) is 0 Å². The minimum absolute atomic E-state index is 0.345. The van der Waals surface area contributed by atoms with Crippen LogP contribution in [0, 0.1) is 5.92 Å². The molecule has 0 radical (unpaired) electrons. The Labute approximate surface area is 121 Å². The highest BCUT2D eigenvalue weighted by molar-refractivity contribution is 9.10. The third kappa shape index (κ3) is 2.81. The molecule has 0 aromatic heterocycles. The summed E-state index contributed by atoms with van der Waals surface area (Å²) < 4.78 is 0.879. The highest BCUT2D eigenvalue weighted by atomic mass is 79.9. The number of aliphatic imine (C=N–C) groups is 1. The van der Waals surface area contributed by atoms with Crippen LogP contribution in [0.4, 0.5) is 5.69 Å².